The standard InChI is InChI=1S/C19H19N3O2/c23-19(18-13-16-17(24-18)7-4-8-20-16)22-11-9-21(10-12-22)14-15-5-2-1-3-6-15/h1-8,13H,9-12,14H2. The number of furan rings is 1. The molecule has 1 saturated heterocycles. The number of benzene rings is 1. The highest BCUT2D eigenvalue weighted by Crippen LogP contribution is 2.19. The highest BCUT2D eigenvalue weighted by atomic mass is 16.3. The van der Waals surface area contributed by atoms with E-state index in [1.165, 1.54) is 5.56 Å². The molecule has 0 saturated carbocycles. The van der Waals surface area contributed by atoms with Gasteiger partial charge in [-0.2, -0.15) is 0 Å². The van der Waals surface area contributed by atoms with Crippen molar-refractivity contribution in [2.24, 2.45) is 0 Å². The Morgan fingerprint density at radius 3 is 2.58 bits per heavy atom. The molecule has 0 bridgehead atoms. The van der Waals surface area contributed by atoms with Crippen LogP contribution in [0.25, 0.3) is 11.1 Å². The number of hydrogen-bond acceptors (Lipinski definition) is 4. The fourth-order valence-electron chi connectivity index (χ4n) is 3.08. The first-order valence-electron chi connectivity index (χ1n) is 8.20. The van der Waals surface area contributed by atoms with Crippen LogP contribution in [0.2, 0.25) is 0 Å². The Kier molecular flexibility index (Phi) is 4.01. The van der Waals surface area contributed by atoms with Crippen LogP contribution in [0, 0.1) is 0 Å². The molecule has 1 aliphatic rings. The third-order valence-corrected chi connectivity index (χ3v) is 4.41. The van der Waals surface area contributed by atoms with E-state index in [-0.39, 0.29) is 5.91 Å². The van der Waals surface area contributed by atoms with E-state index in [1.54, 1.807) is 12.3 Å². The Balaban J connectivity index is 1.39. The second-order valence-corrected chi connectivity index (χ2v) is 6.05. The molecule has 0 radical (unpaired) electrons. The average Bonchev–Trinajstić information content (AvgIpc) is 3.07. The third-order valence-electron chi connectivity index (χ3n) is 4.41. The summed E-state index contributed by atoms with van der Waals surface area (Å²) in [7, 11) is 0. The van der Waals surface area contributed by atoms with E-state index < -0.39 is 0 Å². The van der Waals surface area contributed by atoms with Crippen LogP contribution in [0.3, 0.4) is 0 Å². The van der Waals surface area contributed by atoms with Crippen molar-refractivity contribution in [1.82, 2.24) is 14.8 Å². The van der Waals surface area contributed by atoms with Gasteiger partial charge in [-0.3, -0.25) is 14.7 Å². The summed E-state index contributed by atoms with van der Waals surface area (Å²) in [6, 6.07) is 15.8. The SMILES string of the molecule is O=C(c1cc2ncccc2o1)N1CCN(Cc2ccccc2)CC1. The van der Waals surface area contributed by atoms with Crippen LogP contribution in [-0.4, -0.2) is 46.9 Å². The molecule has 1 aliphatic heterocycles. The number of rotatable bonds is 3. The van der Waals surface area contributed by atoms with Gasteiger partial charge in [-0.15, -0.1) is 0 Å². The summed E-state index contributed by atoms with van der Waals surface area (Å²) in [6.45, 7) is 4.11. The minimum absolute atomic E-state index is 0.0487. The maximum absolute atomic E-state index is 12.6. The van der Waals surface area contributed by atoms with Crippen LogP contribution in [0.15, 0.2) is 59.1 Å². The largest absolute Gasteiger partial charge is 0.449 e. The van der Waals surface area contributed by atoms with E-state index in [9.17, 15) is 4.79 Å². The number of carbonyl (C=O) groups excluding carboxylic acids is 1. The fraction of sp³-hybridized carbons (Fsp3) is 0.263. The first kappa shape index (κ1) is 14.9. The van der Waals surface area contributed by atoms with E-state index >= 15 is 0 Å². The molecule has 3 heterocycles. The number of amides is 1. The zero-order chi connectivity index (χ0) is 16.4. The molecule has 0 unspecified atom stereocenters. The molecule has 24 heavy (non-hydrogen) atoms. The second-order valence-electron chi connectivity index (χ2n) is 6.05. The predicted octanol–water partition coefficient (Wildman–Crippen LogP) is 2.79. The third kappa shape index (κ3) is 3.03. The number of nitrogens with zero attached hydrogens (tertiary/aromatic N) is 3. The van der Waals surface area contributed by atoms with Crippen molar-refractivity contribution < 1.29 is 9.21 Å². The number of piperazine rings is 1. The predicted molar refractivity (Wildman–Crippen MR) is 91.6 cm³/mol. The van der Waals surface area contributed by atoms with E-state index in [0.717, 1.165) is 38.2 Å². The van der Waals surface area contributed by atoms with Crippen LogP contribution in [-0.2, 0) is 6.54 Å². The fourth-order valence-corrected chi connectivity index (χ4v) is 3.08. The number of fused-ring (bicyclic) bond motifs is 1. The summed E-state index contributed by atoms with van der Waals surface area (Å²) in [6.07, 6.45) is 1.70. The minimum atomic E-state index is -0.0487. The van der Waals surface area contributed by atoms with Gasteiger partial charge in [0.1, 0.15) is 5.52 Å². The van der Waals surface area contributed by atoms with Gasteiger partial charge >= 0.3 is 0 Å². The summed E-state index contributed by atoms with van der Waals surface area (Å²) in [5.74, 6) is 0.326. The van der Waals surface area contributed by atoms with Gasteiger partial charge in [0.25, 0.3) is 5.91 Å². The molecule has 122 valence electrons. The summed E-state index contributed by atoms with van der Waals surface area (Å²) in [4.78, 5) is 21.1. The molecule has 3 aromatic rings. The Morgan fingerprint density at radius 1 is 1.04 bits per heavy atom. The van der Waals surface area contributed by atoms with E-state index in [0.29, 0.717) is 11.3 Å². The lowest BCUT2D eigenvalue weighted by Crippen LogP contribution is -2.48. The number of aromatic nitrogens is 1. The van der Waals surface area contributed by atoms with Crippen LogP contribution >= 0.6 is 0 Å². The molecule has 2 aromatic heterocycles. The van der Waals surface area contributed by atoms with Gasteiger partial charge < -0.3 is 9.32 Å². The van der Waals surface area contributed by atoms with Crippen LogP contribution < -0.4 is 0 Å². The zero-order valence-electron chi connectivity index (χ0n) is 13.4. The van der Waals surface area contributed by atoms with Crippen molar-refractivity contribution in [3.63, 3.8) is 0 Å². The molecule has 1 aromatic carbocycles. The van der Waals surface area contributed by atoms with E-state index in [1.807, 2.05) is 23.1 Å². The van der Waals surface area contributed by atoms with Crippen molar-refractivity contribution in [2.45, 2.75) is 6.54 Å². The summed E-state index contributed by atoms with van der Waals surface area (Å²) >= 11 is 0. The molecule has 1 amide bonds. The second kappa shape index (κ2) is 6.45. The minimum Gasteiger partial charge on any atom is -0.449 e. The molecule has 0 aliphatic carbocycles. The van der Waals surface area contributed by atoms with Gasteiger partial charge in [-0.25, -0.2) is 0 Å². The quantitative estimate of drug-likeness (QED) is 0.744. The van der Waals surface area contributed by atoms with Crippen LogP contribution in [0.1, 0.15) is 16.1 Å². The number of pyridine rings is 1. The highest BCUT2D eigenvalue weighted by molar-refractivity contribution is 5.95. The van der Waals surface area contributed by atoms with Crippen molar-refractivity contribution in [2.75, 3.05) is 26.2 Å². The maximum atomic E-state index is 12.6. The summed E-state index contributed by atoms with van der Waals surface area (Å²) < 4.78 is 5.64. The van der Waals surface area contributed by atoms with Gasteiger partial charge in [-0.1, -0.05) is 30.3 Å². The highest BCUT2D eigenvalue weighted by Gasteiger charge is 2.24. The van der Waals surface area contributed by atoms with Crippen LogP contribution in [0.4, 0.5) is 0 Å². The van der Waals surface area contributed by atoms with E-state index in [4.69, 9.17) is 4.42 Å². The Bertz CT molecular complexity index is 803. The van der Waals surface area contributed by atoms with Crippen molar-refractivity contribution in [3.8, 4) is 0 Å². The van der Waals surface area contributed by atoms with Gasteiger partial charge in [-0.05, 0) is 17.7 Å². The number of hydrogen-bond donors (Lipinski definition) is 0. The molecule has 0 N–H and O–H groups in total. The smallest absolute Gasteiger partial charge is 0.289 e. The van der Waals surface area contributed by atoms with Gasteiger partial charge in [0.2, 0.25) is 0 Å². The molecule has 5 nitrogen and oxygen atoms in total. The molecule has 0 atom stereocenters. The molecule has 4 rings (SSSR count). The Hall–Kier alpha value is -2.66. The molecule has 1 fully saturated rings. The van der Waals surface area contributed by atoms with E-state index in [2.05, 4.69) is 34.1 Å². The monoisotopic (exact) mass is 321 g/mol. The van der Waals surface area contributed by atoms with Crippen molar-refractivity contribution in [1.29, 1.82) is 0 Å². The lowest BCUT2D eigenvalue weighted by molar-refractivity contribution is 0.0600. The first-order chi connectivity index (χ1) is 11.8. The molecular formula is C19H19N3O2. The normalized spacial score (nSPS) is 15.8. The number of carbonyl (C=O) groups is 1. The van der Waals surface area contributed by atoms with Gasteiger partial charge in [0.15, 0.2) is 11.3 Å². The summed E-state index contributed by atoms with van der Waals surface area (Å²) in [5, 5.41) is 0. The zero-order valence-corrected chi connectivity index (χ0v) is 13.4. The first-order valence-corrected chi connectivity index (χ1v) is 8.20. The molecule has 5 heteroatoms. The topological polar surface area (TPSA) is 49.6 Å². The molecule has 0 spiro atoms. The Morgan fingerprint density at radius 2 is 1.83 bits per heavy atom. The van der Waals surface area contributed by atoms with Crippen molar-refractivity contribution in [3.05, 3.63) is 66.1 Å². The lowest BCUT2D eigenvalue weighted by atomic mass is 10.2. The average molecular weight is 321 g/mol. The van der Waals surface area contributed by atoms with Crippen LogP contribution in [0.5, 0.6) is 0 Å². The van der Waals surface area contributed by atoms with Gasteiger partial charge in [0, 0.05) is 45.0 Å². The van der Waals surface area contributed by atoms with Crippen molar-refractivity contribution >= 4 is 17.0 Å². The Labute approximate surface area is 140 Å². The maximum Gasteiger partial charge on any atom is 0.289 e. The van der Waals surface area contributed by atoms with Gasteiger partial charge in [0.05, 0.1) is 0 Å². The molecular weight excluding hydrogens is 302 g/mol. The summed E-state index contributed by atoms with van der Waals surface area (Å²) in [5.41, 5.74) is 2.69. The lowest BCUT2D eigenvalue weighted by Gasteiger charge is -2.34.